The summed E-state index contributed by atoms with van der Waals surface area (Å²) < 4.78 is 40.2. The number of aromatic nitrogens is 3. The highest BCUT2D eigenvalue weighted by molar-refractivity contribution is 7.89. The first-order chi connectivity index (χ1) is 14.4. The molecule has 0 aliphatic carbocycles. The lowest BCUT2D eigenvalue weighted by Gasteiger charge is -2.19. The van der Waals surface area contributed by atoms with Gasteiger partial charge in [0.2, 0.25) is 15.8 Å². The summed E-state index contributed by atoms with van der Waals surface area (Å²) in [6.07, 6.45) is 5.10. The van der Waals surface area contributed by atoms with E-state index < -0.39 is 21.7 Å². The third-order valence-corrected chi connectivity index (χ3v) is 7.03. The topological polar surface area (TPSA) is 116 Å². The molecule has 0 atom stereocenters. The monoisotopic (exact) mass is 434 g/mol. The Hall–Kier alpha value is -2.92. The standard InChI is InChI=1S/C19H22N4O6S/c1-28-18(24)15-9-8-14(29-15)13-23-19(25)22-12-6-7-16(17(22)20-23)30(26,27)21-10-4-2-3-5-11-21/h6-9,12H,2-5,10-11,13H2,1H3. The van der Waals surface area contributed by atoms with Crippen LogP contribution in [0.1, 0.15) is 42.0 Å². The minimum atomic E-state index is -3.79. The third-order valence-electron chi connectivity index (χ3n) is 5.11. The predicted molar refractivity (Wildman–Crippen MR) is 106 cm³/mol. The molecule has 4 heterocycles. The summed E-state index contributed by atoms with van der Waals surface area (Å²) in [5, 5.41) is 4.25. The van der Waals surface area contributed by atoms with E-state index in [0.717, 1.165) is 30.4 Å². The van der Waals surface area contributed by atoms with Crippen molar-refractivity contribution < 1.29 is 22.4 Å². The van der Waals surface area contributed by atoms with Crippen LogP contribution in [0, 0.1) is 0 Å². The lowest BCUT2D eigenvalue weighted by Crippen LogP contribution is -2.32. The molecule has 1 fully saturated rings. The number of carbonyl (C=O) groups is 1. The zero-order valence-electron chi connectivity index (χ0n) is 16.5. The molecule has 0 N–H and O–H groups in total. The largest absolute Gasteiger partial charge is 0.463 e. The number of sulfonamides is 1. The maximum Gasteiger partial charge on any atom is 0.373 e. The van der Waals surface area contributed by atoms with Gasteiger partial charge < -0.3 is 9.15 Å². The third kappa shape index (κ3) is 3.65. The highest BCUT2D eigenvalue weighted by Crippen LogP contribution is 2.22. The van der Waals surface area contributed by atoms with E-state index in [1.54, 1.807) is 0 Å². The average molecular weight is 434 g/mol. The normalized spacial score (nSPS) is 15.9. The second kappa shape index (κ2) is 8.07. The van der Waals surface area contributed by atoms with E-state index >= 15 is 0 Å². The van der Waals surface area contributed by atoms with Crippen molar-refractivity contribution in [2.24, 2.45) is 0 Å². The maximum atomic E-state index is 13.2. The number of fused-ring (bicyclic) bond motifs is 1. The molecule has 3 aromatic heterocycles. The van der Waals surface area contributed by atoms with Crippen molar-refractivity contribution in [3.05, 3.63) is 52.5 Å². The van der Waals surface area contributed by atoms with Gasteiger partial charge in [-0.3, -0.25) is 0 Å². The van der Waals surface area contributed by atoms with Gasteiger partial charge in [0, 0.05) is 19.3 Å². The summed E-state index contributed by atoms with van der Waals surface area (Å²) >= 11 is 0. The fourth-order valence-corrected chi connectivity index (χ4v) is 5.20. The molecule has 0 spiro atoms. The van der Waals surface area contributed by atoms with Gasteiger partial charge in [0.15, 0.2) is 5.65 Å². The zero-order chi connectivity index (χ0) is 21.3. The molecule has 10 nitrogen and oxygen atoms in total. The second-order valence-corrected chi connectivity index (χ2v) is 8.99. The molecule has 11 heteroatoms. The molecule has 0 bridgehead atoms. The highest BCUT2D eigenvalue weighted by atomic mass is 32.2. The molecule has 0 unspecified atom stereocenters. The minimum absolute atomic E-state index is 0.00237. The van der Waals surface area contributed by atoms with Crippen LogP contribution in [0.25, 0.3) is 5.65 Å². The molecule has 1 saturated heterocycles. The lowest BCUT2D eigenvalue weighted by molar-refractivity contribution is 0.0562. The number of pyridine rings is 1. The predicted octanol–water partition coefficient (Wildman–Crippen LogP) is 1.49. The number of rotatable bonds is 5. The molecule has 0 amide bonds. The smallest absolute Gasteiger partial charge is 0.373 e. The molecule has 160 valence electrons. The Morgan fingerprint density at radius 1 is 1.17 bits per heavy atom. The van der Waals surface area contributed by atoms with E-state index in [2.05, 4.69) is 9.84 Å². The van der Waals surface area contributed by atoms with Gasteiger partial charge >= 0.3 is 11.7 Å². The number of hydrogen-bond acceptors (Lipinski definition) is 7. The van der Waals surface area contributed by atoms with Gasteiger partial charge in [-0.1, -0.05) is 12.8 Å². The molecular weight excluding hydrogens is 412 g/mol. The van der Waals surface area contributed by atoms with Crippen molar-refractivity contribution in [3.63, 3.8) is 0 Å². The molecule has 30 heavy (non-hydrogen) atoms. The number of methoxy groups -OCH3 is 1. The van der Waals surface area contributed by atoms with Crippen molar-refractivity contribution in [3.8, 4) is 0 Å². The number of ether oxygens (including phenoxy) is 1. The van der Waals surface area contributed by atoms with Gasteiger partial charge in [-0.25, -0.2) is 27.1 Å². The summed E-state index contributed by atoms with van der Waals surface area (Å²) in [7, 11) is -2.55. The zero-order valence-corrected chi connectivity index (χ0v) is 17.3. The van der Waals surface area contributed by atoms with Crippen LogP contribution in [0.15, 0.2) is 44.6 Å². The van der Waals surface area contributed by atoms with Crippen LogP contribution in [0.2, 0.25) is 0 Å². The van der Waals surface area contributed by atoms with E-state index in [9.17, 15) is 18.0 Å². The fraction of sp³-hybridized carbons (Fsp3) is 0.421. The van der Waals surface area contributed by atoms with Crippen LogP contribution in [0.3, 0.4) is 0 Å². The van der Waals surface area contributed by atoms with Crippen molar-refractivity contribution in [1.29, 1.82) is 0 Å². The molecule has 1 aliphatic rings. The van der Waals surface area contributed by atoms with Gasteiger partial charge in [-0.05, 0) is 37.1 Å². The summed E-state index contributed by atoms with van der Waals surface area (Å²) in [4.78, 5) is 24.3. The Labute approximate surface area is 172 Å². The Bertz CT molecular complexity index is 1230. The van der Waals surface area contributed by atoms with Crippen molar-refractivity contribution in [1.82, 2.24) is 18.5 Å². The highest BCUT2D eigenvalue weighted by Gasteiger charge is 2.29. The Kier molecular flexibility index (Phi) is 5.48. The summed E-state index contributed by atoms with van der Waals surface area (Å²) in [5.41, 5.74) is -0.444. The van der Waals surface area contributed by atoms with Crippen LogP contribution >= 0.6 is 0 Å². The molecule has 4 rings (SSSR count). The first kappa shape index (κ1) is 20.4. The fourth-order valence-electron chi connectivity index (χ4n) is 3.56. The molecule has 0 aromatic carbocycles. The van der Waals surface area contributed by atoms with E-state index in [0.29, 0.717) is 18.8 Å². The van der Waals surface area contributed by atoms with Gasteiger partial charge in [-0.15, -0.1) is 5.10 Å². The quantitative estimate of drug-likeness (QED) is 0.559. The van der Waals surface area contributed by atoms with Gasteiger partial charge in [0.25, 0.3) is 0 Å². The van der Waals surface area contributed by atoms with Gasteiger partial charge in [-0.2, -0.15) is 4.31 Å². The second-order valence-electron chi connectivity index (χ2n) is 7.08. The SMILES string of the molecule is COC(=O)c1ccc(Cn2nc3c(S(=O)(=O)N4CCCCCC4)cccn3c2=O)o1. The van der Waals surface area contributed by atoms with Crippen LogP contribution in [0.4, 0.5) is 0 Å². The molecule has 1 aliphatic heterocycles. The van der Waals surface area contributed by atoms with E-state index in [1.165, 1.54) is 46.3 Å². The average Bonchev–Trinajstić information content (AvgIpc) is 3.20. The number of nitrogens with zero attached hydrogens (tertiary/aromatic N) is 4. The first-order valence-corrected chi connectivity index (χ1v) is 11.1. The van der Waals surface area contributed by atoms with E-state index in [-0.39, 0.29) is 22.8 Å². The summed E-state index contributed by atoms with van der Waals surface area (Å²) in [6, 6.07) is 5.97. The van der Waals surface area contributed by atoms with Crippen molar-refractivity contribution in [2.45, 2.75) is 37.1 Å². The summed E-state index contributed by atoms with van der Waals surface area (Å²) in [5.74, 6) is -0.305. The minimum Gasteiger partial charge on any atom is -0.463 e. The number of carbonyl (C=O) groups excluding carboxylic acids is 1. The Morgan fingerprint density at radius 2 is 1.90 bits per heavy atom. The number of esters is 1. The van der Waals surface area contributed by atoms with Crippen LogP contribution in [0.5, 0.6) is 0 Å². The van der Waals surface area contributed by atoms with Gasteiger partial charge in [0.05, 0.1) is 7.11 Å². The molecule has 0 saturated carbocycles. The molecular formula is C19H22N4O6S. The lowest BCUT2D eigenvalue weighted by atomic mass is 10.2. The number of furan rings is 1. The molecule has 0 radical (unpaired) electrons. The van der Waals surface area contributed by atoms with Crippen molar-refractivity contribution >= 4 is 21.6 Å². The van der Waals surface area contributed by atoms with Gasteiger partial charge in [0.1, 0.15) is 17.2 Å². The van der Waals surface area contributed by atoms with E-state index in [1.807, 2.05) is 0 Å². The maximum absolute atomic E-state index is 13.2. The Morgan fingerprint density at radius 3 is 2.60 bits per heavy atom. The Balaban J connectivity index is 1.71. The molecule has 3 aromatic rings. The van der Waals surface area contributed by atoms with Crippen molar-refractivity contribution in [2.75, 3.05) is 20.2 Å². The van der Waals surface area contributed by atoms with Crippen LogP contribution in [-0.2, 0) is 21.3 Å². The van der Waals surface area contributed by atoms with Crippen LogP contribution < -0.4 is 5.69 Å². The number of hydrogen-bond donors (Lipinski definition) is 0. The first-order valence-electron chi connectivity index (χ1n) is 9.67. The van der Waals surface area contributed by atoms with Crippen LogP contribution in [-0.4, -0.2) is 53.1 Å². The summed E-state index contributed by atoms with van der Waals surface area (Å²) in [6.45, 7) is 0.856. The van der Waals surface area contributed by atoms with E-state index in [4.69, 9.17) is 4.42 Å².